The van der Waals surface area contributed by atoms with E-state index in [1.165, 1.54) is 31.7 Å². The van der Waals surface area contributed by atoms with E-state index in [9.17, 15) is 9.90 Å². The maximum absolute atomic E-state index is 11.5. The minimum atomic E-state index is -0.445. The summed E-state index contributed by atoms with van der Waals surface area (Å²) in [5, 5.41) is 13.3. The Labute approximate surface area is 109 Å². The van der Waals surface area contributed by atoms with E-state index in [1.807, 2.05) is 0 Å². The molecule has 0 spiro atoms. The number of hydrogen-bond donors (Lipinski definition) is 2. The first-order valence-electron chi connectivity index (χ1n) is 5.44. The van der Waals surface area contributed by atoms with Crippen LogP contribution in [0.25, 0.3) is 0 Å². The molecule has 2 aromatic rings. The lowest BCUT2D eigenvalue weighted by molar-refractivity contribution is 0.0927. The van der Waals surface area contributed by atoms with Crippen molar-refractivity contribution in [2.24, 2.45) is 5.10 Å². The van der Waals surface area contributed by atoms with Crippen molar-refractivity contribution < 1.29 is 19.1 Å². The second kappa shape index (κ2) is 5.72. The second-order valence-corrected chi connectivity index (χ2v) is 3.61. The summed E-state index contributed by atoms with van der Waals surface area (Å²) in [5.74, 6) is 0.106. The number of carbonyl (C=O) groups excluding carboxylic acids is 1. The summed E-state index contributed by atoms with van der Waals surface area (Å²) in [7, 11) is 1.46. The number of hydrazone groups is 1. The molecule has 0 fully saturated rings. The normalized spacial score (nSPS) is 10.6. The summed E-state index contributed by atoms with van der Waals surface area (Å²) in [6, 6.07) is 7.91. The topological polar surface area (TPSA) is 84.1 Å². The van der Waals surface area contributed by atoms with Crippen molar-refractivity contribution in [3.63, 3.8) is 0 Å². The maximum Gasteiger partial charge on any atom is 0.307 e. The molecule has 0 atom stereocenters. The lowest BCUT2D eigenvalue weighted by Crippen LogP contribution is -2.16. The van der Waals surface area contributed by atoms with Gasteiger partial charge in [-0.2, -0.15) is 5.10 Å². The van der Waals surface area contributed by atoms with Gasteiger partial charge in [0.15, 0.2) is 17.3 Å². The number of phenols is 1. The lowest BCUT2D eigenvalue weighted by atomic mass is 10.2. The van der Waals surface area contributed by atoms with E-state index in [-0.39, 0.29) is 11.5 Å². The van der Waals surface area contributed by atoms with Crippen molar-refractivity contribution >= 4 is 12.1 Å². The van der Waals surface area contributed by atoms with Crippen LogP contribution >= 0.6 is 0 Å². The highest BCUT2D eigenvalue weighted by molar-refractivity contribution is 5.92. The number of methoxy groups -OCH3 is 1. The number of hydrogen-bond acceptors (Lipinski definition) is 5. The van der Waals surface area contributed by atoms with Crippen molar-refractivity contribution in [3.8, 4) is 11.5 Å². The smallest absolute Gasteiger partial charge is 0.307 e. The Kier molecular flexibility index (Phi) is 3.82. The summed E-state index contributed by atoms with van der Waals surface area (Å²) in [4.78, 5) is 11.5. The van der Waals surface area contributed by atoms with Crippen LogP contribution in [0.1, 0.15) is 16.1 Å². The van der Waals surface area contributed by atoms with Crippen LogP contribution in [0.4, 0.5) is 0 Å². The Bertz CT molecular complexity index is 591. The number of carbonyl (C=O) groups is 1. The monoisotopic (exact) mass is 260 g/mol. The van der Waals surface area contributed by atoms with E-state index in [0.717, 1.165) is 0 Å². The van der Waals surface area contributed by atoms with Gasteiger partial charge in [-0.15, -0.1) is 0 Å². The minimum Gasteiger partial charge on any atom is -0.504 e. The largest absolute Gasteiger partial charge is 0.504 e. The highest BCUT2D eigenvalue weighted by Gasteiger charge is 2.06. The third kappa shape index (κ3) is 3.12. The molecule has 0 bridgehead atoms. The van der Waals surface area contributed by atoms with Gasteiger partial charge in [-0.3, -0.25) is 4.79 Å². The van der Waals surface area contributed by atoms with Gasteiger partial charge in [0.25, 0.3) is 0 Å². The van der Waals surface area contributed by atoms with Gasteiger partial charge in [0.05, 0.1) is 19.6 Å². The molecule has 0 radical (unpaired) electrons. The van der Waals surface area contributed by atoms with Crippen molar-refractivity contribution in [1.29, 1.82) is 0 Å². The van der Waals surface area contributed by atoms with Crippen molar-refractivity contribution in [2.45, 2.75) is 0 Å². The number of phenolic OH excluding ortho intramolecular Hbond substituents is 1. The number of rotatable bonds is 4. The number of ether oxygens (including phenoxy) is 1. The van der Waals surface area contributed by atoms with Crippen LogP contribution in [0, 0.1) is 0 Å². The molecule has 1 amide bonds. The van der Waals surface area contributed by atoms with Crippen LogP contribution < -0.4 is 10.2 Å². The molecule has 6 heteroatoms. The van der Waals surface area contributed by atoms with E-state index in [1.54, 1.807) is 18.2 Å². The Morgan fingerprint density at radius 1 is 1.47 bits per heavy atom. The highest BCUT2D eigenvalue weighted by atomic mass is 16.5. The Morgan fingerprint density at radius 2 is 2.32 bits per heavy atom. The van der Waals surface area contributed by atoms with E-state index in [0.29, 0.717) is 11.3 Å². The Morgan fingerprint density at radius 3 is 2.95 bits per heavy atom. The summed E-state index contributed by atoms with van der Waals surface area (Å²) in [6.45, 7) is 0. The predicted molar refractivity (Wildman–Crippen MR) is 68.4 cm³/mol. The Hall–Kier alpha value is -2.76. The van der Waals surface area contributed by atoms with Gasteiger partial charge in [0.2, 0.25) is 0 Å². The molecule has 1 aromatic carbocycles. The molecule has 1 aromatic heterocycles. The first kappa shape index (κ1) is 12.7. The average Bonchev–Trinajstić information content (AvgIpc) is 2.93. The summed E-state index contributed by atoms with van der Waals surface area (Å²) < 4.78 is 9.82. The predicted octanol–water partition coefficient (Wildman–Crippen LogP) is 1.76. The van der Waals surface area contributed by atoms with E-state index >= 15 is 0 Å². The zero-order valence-electron chi connectivity index (χ0n) is 10.2. The Balaban J connectivity index is 1.99. The molecule has 98 valence electrons. The van der Waals surface area contributed by atoms with Crippen LogP contribution in [0.15, 0.2) is 46.1 Å². The summed E-state index contributed by atoms with van der Waals surface area (Å²) >= 11 is 0. The van der Waals surface area contributed by atoms with Crippen LogP contribution in [0.3, 0.4) is 0 Å². The van der Waals surface area contributed by atoms with E-state index < -0.39 is 5.91 Å². The molecular formula is C13H12N2O4. The van der Waals surface area contributed by atoms with Crippen molar-refractivity contribution in [3.05, 3.63) is 47.9 Å². The van der Waals surface area contributed by atoms with Crippen molar-refractivity contribution in [1.82, 2.24) is 5.43 Å². The zero-order valence-corrected chi connectivity index (χ0v) is 10.2. The van der Waals surface area contributed by atoms with Gasteiger partial charge in [0, 0.05) is 0 Å². The fourth-order valence-corrected chi connectivity index (χ4v) is 1.42. The molecule has 2 rings (SSSR count). The van der Waals surface area contributed by atoms with Crippen molar-refractivity contribution in [2.75, 3.05) is 7.11 Å². The molecule has 0 aliphatic rings. The number of nitrogens with zero attached hydrogens (tertiary/aromatic N) is 1. The molecule has 1 heterocycles. The van der Waals surface area contributed by atoms with Gasteiger partial charge < -0.3 is 14.3 Å². The molecule has 19 heavy (non-hydrogen) atoms. The highest BCUT2D eigenvalue weighted by Crippen LogP contribution is 2.25. The minimum absolute atomic E-state index is 0.00353. The van der Waals surface area contributed by atoms with Crippen LogP contribution in [-0.4, -0.2) is 24.3 Å². The molecule has 0 aliphatic heterocycles. The first-order chi connectivity index (χ1) is 9.20. The number of nitrogens with one attached hydrogen (secondary N) is 1. The summed E-state index contributed by atoms with van der Waals surface area (Å²) in [5.41, 5.74) is 2.93. The second-order valence-electron chi connectivity index (χ2n) is 3.61. The van der Waals surface area contributed by atoms with Crippen LogP contribution in [0.5, 0.6) is 11.5 Å². The molecular weight excluding hydrogens is 248 g/mol. The number of furan rings is 1. The van der Waals surface area contributed by atoms with Gasteiger partial charge >= 0.3 is 5.91 Å². The fraction of sp³-hybridized carbons (Fsp3) is 0.0769. The van der Waals surface area contributed by atoms with Gasteiger partial charge in [0.1, 0.15) is 0 Å². The fourth-order valence-electron chi connectivity index (χ4n) is 1.42. The first-order valence-corrected chi connectivity index (χ1v) is 5.44. The molecule has 0 saturated heterocycles. The molecule has 0 saturated carbocycles. The number of aromatic hydroxyl groups is 1. The zero-order chi connectivity index (χ0) is 13.7. The van der Waals surface area contributed by atoms with Crippen LogP contribution in [-0.2, 0) is 0 Å². The average molecular weight is 260 g/mol. The standard InChI is InChI=1S/C13H12N2O4/c1-18-11-5-4-9(7-10(11)16)8-14-15-13(17)12-3-2-6-19-12/h2-8,16H,1H3,(H,15,17)/b14-8-. The van der Waals surface area contributed by atoms with Crippen LogP contribution in [0.2, 0.25) is 0 Å². The van der Waals surface area contributed by atoms with Gasteiger partial charge in [-0.25, -0.2) is 5.43 Å². The maximum atomic E-state index is 11.5. The molecule has 0 aliphatic carbocycles. The quantitative estimate of drug-likeness (QED) is 0.648. The molecule has 6 nitrogen and oxygen atoms in total. The van der Waals surface area contributed by atoms with Gasteiger partial charge in [-0.1, -0.05) is 0 Å². The van der Waals surface area contributed by atoms with E-state index in [4.69, 9.17) is 9.15 Å². The van der Waals surface area contributed by atoms with E-state index in [2.05, 4.69) is 10.5 Å². The molecule has 2 N–H and O–H groups in total. The van der Waals surface area contributed by atoms with Gasteiger partial charge in [-0.05, 0) is 35.9 Å². The third-order valence-corrected chi connectivity index (χ3v) is 2.33. The summed E-state index contributed by atoms with van der Waals surface area (Å²) in [6.07, 6.45) is 2.81. The number of benzene rings is 1. The lowest BCUT2D eigenvalue weighted by Gasteiger charge is -2.02. The molecule has 0 unspecified atom stereocenters. The SMILES string of the molecule is COc1ccc(/C=N\NC(=O)c2ccco2)cc1O. The number of amides is 1. The third-order valence-electron chi connectivity index (χ3n) is 2.33.